The Balaban J connectivity index is 1.75. The highest BCUT2D eigenvalue weighted by Gasteiger charge is 2.17. The minimum absolute atomic E-state index is 0.0650. The number of carbonyl (C=O) groups excluding carboxylic acids is 2. The molecule has 1 aromatic heterocycles. The summed E-state index contributed by atoms with van der Waals surface area (Å²) in [5.74, 6) is -0.120. The third kappa shape index (κ3) is 4.14. The maximum atomic E-state index is 12.5. The fourth-order valence-electron chi connectivity index (χ4n) is 2.38. The SMILES string of the molecule is CC(=O)SCC(=O)c1ccc(NS(=O)(=O)c2cc3ccccc3[nH]2)cc1. The van der Waals surface area contributed by atoms with Crippen LogP contribution in [-0.2, 0) is 14.8 Å². The molecule has 0 saturated heterocycles. The zero-order valence-corrected chi connectivity index (χ0v) is 15.5. The Labute approximate surface area is 155 Å². The van der Waals surface area contributed by atoms with Crippen LogP contribution < -0.4 is 4.72 Å². The molecule has 0 unspecified atom stereocenters. The minimum Gasteiger partial charge on any atom is -0.344 e. The number of aromatic nitrogens is 1. The number of aromatic amines is 1. The summed E-state index contributed by atoms with van der Waals surface area (Å²) in [6.07, 6.45) is 0. The lowest BCUT2D eigenvalue weighted by Gasteiger charge is -2.07. The molecule has 134 valence electrons. The molecular weight excluding hydrogens is 372 g/mol. The van der Waals surface area contributed by atoms with Crippen LogP contribution in [0.5, 0.6) is 0 Å². The molecule has 26 heavy (non-hydrogen) atoms. The molecule has 8 heteroatoms. The number of benzene rings is 2. The molecule has 0 atom stereocenters. The van der Waals surface area contributed by atoms with Gasteiger partial charge in [0.25, 0.3) is 10.0 Å². The molecule has 0 spiro atoms. The number of fused-ring (bicyclic) bond motifs is 1. The Morgan fingerprint density at radius 2 is 1.77 bits per heavy atom. The van der Waals surface area contributed by atoms with Crippen LogP contribution in [0.4, 0.5) is 5.69 Å². The second-order valence-corrected chi connectivity index (χ2v) is 8.41. The number of carbonyl (C=O) groups is 2. The highest BCUT2D eigenvalue weighted by atomic mass is 32.2. The molecule has 0 fully saturated rings. The number of Topliss-reactive ketones (excluding diaryl/α,β-unsaturated/α-hetero) is 1. The van der Waals surface area contributed by atoms with Crippen molar-refractivity contribution in [3.8, 4) is 0 Å². The second-order valence-electron chi connectivity index (χ2n) is 5.61. The number of nitrogens with one attached hydrogen (secondary N) is 2. The van der Waals surface area contributed by atoms with Crippen LogP contribution in [0.15, 0.2) is 59.6 Å². The van der Waals surface area contributed by atoms with Crippen LogP contribution in [0.2, 0.25) is 0 Å². The Kier molecular flexibility index (Phi) is 5.15. The van der Waals surface area contributed by atoms with E-state index in [4.69, 9.17) is 0 Å². The monoisotopic (exact) mass is 388 g/mol. The fraction of sp³-hybridized carbons (Fsp3) is 0.111. The van der Waals surface area contributed by atoms with Gasteiger partial charge < -0.3 is 4.98 Å². The minimum atomic E-state index is -3.77. The highest BCUT2D eigenvalue weighted by molar-refractivity contribution is 8.14. The molecular formula is C18H16N2O4S2. The maximum Gasteiger partial charge on any atom is 0.277 e. The standard InChI is InChI=1S/C18H16N2O4S2/c1-12(21)25-11-17(22)13-6-8-15(9-7-13)20-26(23,24)18-10-14-4-2-3-5-16(14)19-18/h2-10,19-20H,11H2,1H3. The van der Waals surface area contributed by atoms with E-state index in [0.717, 1.165) is 22.7 Å². The van der Waals surface area contributed by atoms with Crippen LogP contribution >= 0.6 is 11.8 Å². The summed E-state index contributed by atoms with van der Waals surface area (Å²) in [5.41, 5.74) is 1.50. The number of hydrogen-bond donors (Lipinski definition) is 2. The van der Waals surface area contributed by atoms with E-state index in [1.54, 1.807) is 12.1 Å². The summed E-state index contributed by atoms with van der Waals surface area (Å²) in [4.78, 5) is 25.7. The molecule has 0 saturated carbocycles. The molecule has 0 bridgehead atoms. The van der Waals surface area contributed by atoms with E-state index < -0.39 is 10.0 Å². The molecule has 0 aliphatic carbocycles. The van der Waals surface area contributed by atoms with Gasteiger partial charge in [0, 0.05) is 29.1 Å². The quantitative estimate of drug-likeness (QED) is 0.631. The predicted octanol–water partition coefficient (Wildman–Crippen LogP) is 3.43. The predicted molar refractivity (Wildman–Crippen MR) is 103 cm³/mol. The number of anilines is 1. The van der Waals surface area contributed by atoms with Crippen LogP contribution in [-0.4, -0.2) is 30.1 Å². The van der Waals surface area contributed by atoms with Crippen LogP contribution in [0.1, 0.15) is 17.3 Å². The first-order chi connectivity index (χ1) is 12.3. The number of ketones is 1. The first kappa shape index (κ1) is 18.2. The van der Waals surface area contributed by atoms with E-state index in [1.165, 1.54) is 31.2 Å². The molecule has 2 aromatic carbocycles. The topological polar surface area (TPSA) is 96.1 Å². The molecule has 3 rings (SSSR count). The van der Waals surface area contributed by atoms with Gasteiger partial charge in [-0.3, -0.25) is 14.3 Å². The lowest BCUT2D eigenvalue weighted by atomic mass is 10.1. The largest absolute Gasteiger partial charge is 0.344 e. The highest BCUT2D eigenvalue weighted by Crippen LogP contribution is 2.21. The summed E-state index contributed by atoms with van der Waals surface area (Å²) < 4.78 is 27.5. The summed E-state index contributed by atoms with van der Waals surface area (Å²) in [6, 6.07) is 14.9. The number of rotatable bonds is 6. The number of hydrogen-bond acceptors (Lipinski definition) is 5. The van der Waals surface area contributed by atoms with Crippen LogP contribution in [0.25, 0.3) is 10.9 Å². The summed E-state index contributed by atoms with van der Waals surface area (Å²) in [7, 11) is -3.77. The third-order valence-corrected chi connectivity index (χ3v) is 5.78. The van der Waals surface area contributed by atoms with Crippen molar-refractivity contribution in [2.45, 2.75) is 11.9 Å². The maximum absolute atomic E-state index is 12.5. The average Bonchev–Trinajstić information content (AvgIpc) is 3.05. The van der Waals surface area contributed by atoms with Crippen LogP contribution in [0.3, 0.4) is 0 Å². The van der Waals surface area contributed by atoms with Gasteiger partial charge in [-0.2, -0.15) is 8.42 Å². The first-order valence-corrected chi connectivity index (χ1v) is 10.2. The van der Waals surface area contributed by atoms with Gasteiger partial charge in [0.15, 0.2) is 15.9 Å². The van der Waals surface area contributed by atoms with E-state index in [9.17, 15) is 18.0 Å². The molecule has 0 aliphatic rings. The molecule has 0 radical (unpaired) electrons. The van der Waals surface area contributed by atoms with Gasteiger partial charge in [-0.15, -0.1) is 0 Å². The van der Waals surface area contributed by atoms with Gasteiger partial charge in [0.1, 0.15) is 0 Å². The molecule has 6 nitrogen and oxygen atoms in total. The summed E-state index contributed by atoms with van der Waals surface area (Å²) in [5, 5.41) is 0.745. The molecule has 0 aliphatic heterocycles. The van der Waals surface area contributed by atoms with Gasteiger partial charge in [0.2, 0.25) is 0 Å². The molecule has 1 heterocycles. The van der Waals surface area contributed by atoms with Crippen molar-refractivity contribution in [3.05, 3.63) is 60.2 Å². The van der Waals surface area contributed by atoms with Gasteiger partial charge in [-0.25, -0.2) is 0 Å². The Bertz CT molecular complexity index is 1040. The number of sulfonamides is 1. The van der Waals surface area contributed by atoms with Crippen molar-refractivity contribution in [2.24, 2.45) is 0 Å². The van der Waals surface area contributed by atoms with Gasteiger partial charge in [-0.1, -0.05) is 30.0 Å². The van der Waals surface area contributed by atoms with Crippen molar-refractivity contribution >= 4 is 49.3 Å². The van der Waals surface area contributed by atoms with Gasteiger partial charge in [0.05, 0.1) is 5.75 Å². The van der Waals surface area contributed by atoms with E-state index in [1.807, 2.05) is 18.2 Å². The lowest BCUT2D eigenvalue weighted by Crippen LogP contribution is -2.13. The van der Waals surface area contributed by atoms with E-state index in [0.29, 0.717) is 11.3 Å². The zero-order valence-electron chi connectivity index (χ0n) is 13.9. The Morgan fingerprint density at radius 1 is 1.08 bits per heavy atom. The Morgan fingerprint density at radius 3 is 2.42 bits per heavy atom. The van der Waals surface area contributed by atoms with E-state index in [2.05, 4.69) is 9.71 Å². The third-order valence-electron chi connectivity index (χ3n) is 3.66. The lowest BCUT2D eigenvalue weighted by molar-refractivity contribution is -0.109. The first-order valence-electron chi connectivity index (χ1n) is 7.72. The van der Waals surface area contributed by atoms with Gasteiger partial charge >= 0.3 is 0 Å². The van der Waals surface area contributed by atoms with E-state index >= 15 is 0 Å². The summed E-state index contributed by atoms with van der Waals surface area (Å²) >= 11 is 0.944. The normalized spacial score (nSPS) is 11.4. The number of para-hydroxylation sites is 1. The second kappa shape index (κ2) is 7.35. The fourth-order valence-corrected chi connectivity index (χ4v) is 3.96. The molecule has 3 aromatic rings. The van der Waals surface area contributed by atoms with Crippen molar-refractivity contribution in [1.82, 2.24) is 4.98 Å². The van der Waals surface area contributed by atoms with E-state index in [-0.39, 0.29) is 21.7 Å². The van der Waals surface area contributed by atoms with Gasteiger partial charge in [-0.05, 0) is 36.4 Å². The Hall–Kier alpha value is -2.58. The zero-order chi connectivity index (χ0) is 18.7. The van der Waals surface area contributed by atoms with Crippen molar-refractivity contribution in [1.29, 1.82) is 0 Å². The van der Waals surface area contributed by atoms with Crippen molar-refractivity contribution < 1.29 is 18.0 Å². The molecule has 0 amide bonds. The van der Waals surface area contributed by atoms with Crippen molar-refractivity contribution in [3.63, 3.8) is 0 Å². The smallest absolute Gasteiger partial charge is 0.277 e. The molecule has 2 N–H and O–H groups in total. The number of H-pyrrole nitrogens is 1. The summed E-state index contributed by atoms with van der Waals surface area (Å²) in [6.45, 7) is 1.40. The average molecular weight is 388 g/mol. The van der Waals surface area contributed by atoms with Crippen molar-refractivity contribution in [2.75, 3.05) is 10.5 Å². The van der Waals surface area contributed by atoms with Crippen LogP contribution in [0, 0.1) is 0 Å². The number of thioether (sulfide) groups is 1.